The Kier molecular flexibility index (Phi) is 3.61. The summed E-state index contributed by atoms with van der Waals surface area (Å²) in [6.45, 7) is 0.712. The molecule has 0 radical (unpaired) electrons. The summed E-state index contributed by atoms with van der Waals surface area (Å²) in [6.07, 6.45) is 0.868. The van der Waals surface area contributed by atoms with E-state index in [2.05, 4.69) is 17.4 Å². The minimum absolute atomic E-state index is 0.292. The van der Waals surface area contributed by atoms with Crippen molar-refractivity contribution >= 4 is 0 Å². The van der Waals surface area contributed by atoms with Gasteiger partial charge in [-0.05, 0) is 37.2 Å². The lowest BCUT2D eigenvalue weighted by Crippen LogP contribution is -2.35. The molecule has 0 bridgehead atoms. The second-order valence-corrected chi connectivity index (χ2v) is 5.22. The molecule has 2 unspecified atom stereocenters. The Morgan fingerprint density at radius 3 is 2.90 bits per heavy atom. The summed E-state index contributed by atoms with van der Waals surface area (Å²) in [4.78, 5) is 0. The second kappa shape index (κ2) is 5.55. The number of phenolic OH excluding ortho intramolecular Hbond substituents is 1. The predicted molar refractivity (Wildman–Crippen MR) is 79.3 cm³/mol. The number of aromatic hydroxyl groups is 1. The van der Waals surface area contributed by atoms with Gasteiger partial charge in [0.25, 0.3) is 0 Å². The Morgan fingerprint density at radius 1 is 1.25 bits per heavy atom. The van der Waals surface area contributed by atoms with Crippen molar-refractivity contribution in [2.75, 3.05) is 13.7 Å². The van der Waals surface area contributed by atoms with Crippen LogP contribution in [0.2, 0.25) is 0 Å². The number of hydrogen-bond donors (Lipinski definition) is 2. The standard InChI is InChI=1S/C17H19NO2/c1-18-16(10-12-5-4-6-13(19)9-12)15-11-20-17-8-3-2-7-14(15)17/h2-9,15-16,18-19H,10-11H2,1H3. The monoisotopic (exact) mass is 269 g/mol. The van der Waals surface area contributed by atoms with E-state index in [0.717, 1.165) is 17.7 Å². The van der Waals surface area contributed by atoms with E-state index in [1.165, 1.54) is 5.56 Å². The van der Waals surface area contributed by atoms with Gasteiger partial charge in [0.2, 0.25) is 0 Å². The molecule has 104 valence electrons. The Balaban J connectivity index is 1.81. The lowest BCUT2D eigenvalue weighted by atomic mass is 9.89. The van der Waals surface area contributed by atoms with Crippen molar-refractivity contribution < 1.29 is 9.84 Å². The topological polar surface area (TPSA) is 41.5 Å². The lowest BCUT2D eigenvalue weighted by molar-refractivity contribution is 0.302. The number of phenols is 1. The normalized spacial score (nSPS) is 18.4. The quantitative estimate of drug-likeness (QED) is 0.896. The first-order chi connectivity index (χ1) is 9.78. The van der Waals surface area contributed by atoms with Crippen molar-refractivity contribution in [3.8, 4) is 11.5 Å². The van der Waals surface area contributed by atoms with Gasteiger partial charge in [0.1, 0.15) is 11.5 Å². The molecule has 0 aliphatic carbocycles. The van der Waals surface area contributed by atoms with E-state index in [-0.39, 0.29) is 0 Å². The van der Waals surface area contributed by atoms with Gasteiger partial charge in [-0.2, -0.15) is 0 Å². The van der Waals surface area contributed by atoms with Gasteiger partial charge in [0, 0.05) is 17.5 Å². The molecule has 1 heterocycles. The first kappa shape index (κ1) is 13.0. The number of para-hydroxylation sites is 1. The molecule has 0 amide bonds. The molecule has 2 atom stereocenters. The molecular weight excluding hydrogens is 250 g/mol. The fourth-order valence-corrected chi connectivity index (χ4v) is 2.90. The minimum atomic E-state index is 0.292. The third-order valence-electron chi connectivity index (χ3n) is 3.96. The molecule has 0 saturated heterocycles. The maximum absolute atomic E-state index is 9.58. The van der Waals surface area contributed by atoms with Gasteiger partial charge in [-0.1, -0.05) is 30.3 Å². The first-order valence-electron chi connectivity index (χ1n) is 6.95. The molecule has 3 rings (SSSR count). The molecule has 0 saturated carbocycles. The number of benzene rings is 2. The minimum Gasteiger partial charge on any atom is -0.508 e. The predicted octanol–water partition coefficient (Wildman–Crippen LogP) is 2.70. The van der Waals surface area contributed by atoms with Gasteiger partial charge < -0.3 is 15.2 Å². The van der Waals surface area contributed by atoms with Crippen LogP contribution in [0.1, 0.15) is 17.0 Å². The number of ether oxygens (including phenoxy) is 1. The van der Waals surface area contributed by atoms with Crippen LogP contribution in [0.5, 0.6) is 11.5 Å². The third-order valence-corrected chi connectivity index (χ3v) is 3.96. The molecule has 2 aromatic carbocycles. The molecule has 0 fully saturated rings. The van der Waals surface area contributed by atoms with Crippen molar-refractivity contribution in [2.45, 2.75) is 18.4 Å². The van der Waals surface area contributed by atoms with E-state index >= 15 is 0 Å². The van der Waals surface area contributed by atoms with Gasteiger partial charge >= 0.3 is 0 Å². The van der Waals surface area contributed by atoms with Crippen molar-refractivity contribution in [2.24, 2.45) is 0 Å². The highest BCUT2D eigenvalue weighted by atomic mass is 16.5. The van der Waals surface area contributed by atoms with E-state index in [0.29, 0.717) is 24.3 Å². The lowest BCUT2D eigenvalue weighted by Gasteiger charge is -2.22. The van der Waals surface area contributed by atoms with Gasteiger partial charge in [0.05, 0.1) is 6.61 Å². The van der Waals surface area contributed by atoms with Crippen molar-refractivity contribution in [1.82, 2.24) is 5.32 Å². The molecule has 2 N–H and O–H groups in total. The molecule has 1 aliphatic rings. The van der Waals surface area contributed by atoms with Crippen LogP contribution in [0, 0.1) is 0 Å². The van der Waals surface area contributed by atoms with E-state index < -0.39 is 0 Å². The highest BCUT2D eigenvalue weighted by molar-refractivity contribution is 5.41. The Labute approximate surface area is 119 Å². The van der Waals surface area contributed by atoms with E-state index in [1.54, 1.807) is 6.07 Å². The fourth-order valence-electron chi connectivity index (χ4n) is 2.90. The van der Waals surface area contributed by atoms with Crippen LogP contribution >= 0.6 is 0 Å². The van der Waals surface area contributed by atoms with Gasteiger partial charge in [0.15, 0.2) is 0 Å². The Morgan fingerprint density at radius 2 is 2.10 bits per heavy atom. The summed E-state index contributed by atoms with van der Waals surface area (Å²) in [7, 11) is 1.98. The average Bonchev–Trinajstić information content (AvgIpc) is 2.89. The number of hydrogen-bond acceptors (Lipinski definition) is 3. The van der Waals surface area contributed by atoms with Crippen molar-refractivity contribution in [1.29, 1.82) is 0 Å². The van der Waals surface area contributed by atoms with Crippen LogP contribution in [0.15, 0.2) is 48.5 Å². The summed E-state index contributed by atoms with van der Waals surface area (Å²) in [5, 5.41) is 13.0. The van der Waals surface area contributed by atoms with E-state index in [1.807, 2.05) is 37.4 Å². The maximum atomic E-state index is 9.58. The van der Waals surface area contributed by atoms with Crippen molar-refractivity contribution in [3.63, 3.8) is 0 Å². The molecule has 1 aliphatic heterocycles. The van der Waals surface area contributed by atoms with Crippen LogP contribution < -0.4 is 10.1 Å². The van der Waals surface area contributed by atoms with Crippen LogP contribution in [0.3, 0.4) is 0 Å². The zero-order valence-electron chi connectivity index (χ0n) is 11.5. The largest absolute Gasteiger partial charge is 0.508 e. The van der Waals surface area contributed by atoms with Gasteiger partial charge in [-0.3, -0.25) is 0 Å². The molecule has 2 aromatic rings. The van der Waals surface area contributed by atoms with Crippen LogP contribution in [-0.4, -0.2) is 24.8 Å². The Bertz CT molecular complexity index is 597. The summed E-state index contributed by atoms with van der Waals surface area (Å²) in [5.74, 6) is 1.66. The zero-order valence-corrected chi connectivity index (χ0v) is 11.5. The molecule has 3 heteroatoms. The van der Waals surface area contributed by atoms with Crippen LogP contribution in [0.25, 0.3) is 0 Å². The zero-order chi connectivity index (χ0) is 13.9. The van der Waals surface area contributed by atoms with Crippen LogP contribution in [-0.2, 0) is 6.42 Å². The highest BCUT2D eigenvalue weighted by Crippen LogP contribution is 2.36. The van der Waals surface area contributed by atoms with Gasteiger partial charge in [-0.15, -0.1) is 0 Å². The van der Waals surface area contributed by atoms with Crippen molar-refractivity contribution in [3.05, 3.63) is 59.7 Å². The first-order valence-corrected chi connectivity index (χ1v) is 6.95. The number of nitrogens with one attached hydrogen (secondary N) is 1. The Hall–Kier alpha value is -2.00. The maximum Gasteiger partial charge on any atom is 0.122 e. The summed E-state index contributed by atoms with van der Waals surface area (Å²) < 4.78 is 5.77. The second-order valence-electron chi connectivity index (χ2n) is 5.22. The molecule has 3 nitrogen and oxygen atoms in total. The number of fused-ring (bicyclic) bond motifs is 1. The molecule has 20 heavy (non-hydrogen) atoms. The highest BCUT2D eigenvalue weighted by Gasteiger charge is 2.30. The van der Waals surface area contributed by atoms with Crippen LogP contribution in [0.4, 0.5) is 0 Å². The average molecular weight is 269 g/mol. The van der Waals surface area contributed by atoms with Gasteiger partial charge in [-0.25, -0.2) is 0 Å². The molecule has 0 spiro atoms. The summed E-state index contributed by atoms with van der Waals surface area (Å²) in [5.41, 5.74) is 2.40. The fraction of sp³-hybridized carbons (Fsp3) is 0.294. The molecular formula is C17H19NO2. The summed E-state index contributed by atoms with van der Waals surface area (Å²) >= 11 is 0. The third kappa shape index (κ3) is 2.49. The molecule has 0 aromatic heterocycles. The smallest absolute Gasteiger partial charge is 0.122 e. The van der Waals surface area contributed by atoms with E-state index in [9.17, 15) is 5.11 Å². The van der Waals surface area contributed by atoms with E-state index in [4.69, 9.17) is 4.74 Å². The number of rotatable bonds is 4. The summed E-state index contributed by atoms with van der Waals surface area (Å²) in [6, 6.07) is 16.0. The SMILES string of the molecule is CNC(Cc1cccc(O)c1)C1COc2ccccc21. The number of likely N-dealkylation sites (N-methyl/N-ethyl adjacent to an activating group) is 1.